The van der Waals surface area contributed by atoms with Crippen LogP contribution < -0.4 is 0 Å². The van der Waals surface area contributed by atoms with Gasteiger partial charge in [0.1, 0.15) is 10.0 Å². The summed E-state index contributed by atoms with van der Waals surface area (Å²) in [6.45, 7) is 0. The molecule has 0 unspecified atom stereocenters. The quantitative estimate of drug-likeness (QED) is 0.234. The van der Waals surface area contributed by atoms with Gasteiger partial charge < -0.3 is 10.2 Å². The number of para-hydroxylation sites is 2. The van der Waals surface area contributed by atoms with E-state index in [0.717, 1.165) is 31.6 Å². The number of aliphatic carboxylic acids is 2. The molecule has 2 aromatic heterocycles. The number of thiazole rings is 2. The lowest BCUT2D eigenvalue weighted by Crippen LogP contribution is -1.97. The molecule has 2 heterocycles. The summed E-state index contributed by atoms with van der Waals surface area (Å²) >= 11 is 2.94. The van der Waals surface area contributed by atoms with Crippen LogP contribution in [0.1, 0.15) is 34.0 Å². The molecule has 0 aliphatic carbocycles. The highest BCUT2D eigenvalue weighted by Gasteiger charge is 2.14. The molecule has 36 heavy (non-hydrogen) atoms. The number of benzene rings is 3. The zero-order valence-corrected chi connectivity index (χ0v) is 20.6. The van der Waals surface area contributed by atoms with Crippen LogP contribution in [0.3, 0.4) is 0 Å². The van der Waals surface area contributed by atoms with Crippen molar-refractivity contribution in [3.05, 3.63) is 93.9 Å². The summed E-state index contributed by atoms with van der Waals surface area (Å²) in [6, 6.07) is 23.0. The Morgan fingerprint density at radius 1 is 0.639 bits per heavy atom. The Morgan fingerprint density at radius 2 is 1.03 bits per heavy atom. The molecule has 5 rings (SSSR count). The lowest BCUT2D eigenvalue weighted by atomic mass is 10.0. The van der Waals surface area contributed by atoms with Gasteiger partial charge in [-0.15, -0.1) is 22.7 Å². The van der Waals surface area contributed by atoms with Crippen molar-refractivity contribution < 1.29 is 19.8 Å². The van der Waals surface area contributed by atoms with Crippen molar-refractivity contribution in [1.29, 1.82) is 0 Å². The first-order chi connectivity index (χ1) is 17.4. The lowest BCUT2D eigenvalue weighted by Gasteiger charge is -2.04. The van der Waals surface area contributed by atoms with Gasteiger partial charge in [-0.25, -0.2) is 9.97 Å². The Labute approximate surface area is 214 Å². The van der Waals surface area contributed by atoms with E-state index in [1.165, 1.54) is 22.7 Å². The minimum Gasteiger partial charge on any atom is -0.481 e. The van der Waals surface area contributed by atoms with E-state index >= 15 is 0 Å². The number of aromatic nitrogens is 2. The topological polar surface area (TPSA) is 100 Å². The molecule has 0 amide bonds. The van der Waals surface area contributed by atoms with Gasteiger partial charge >= 0.3 is 11.9 Å². The minimum atomic E-state index is -0.922. The third-order valence-corrected chi connectivity index (χ3v) is 7.66. The first kappa shape index (κ1) is 23.6. The molecule has 0 spiro atoms. The summed E-state index contributed by atoms with van der Waals surface area (Å²) in [5.74, 6) is -1.84. The summed E-state index contributed by atoms with van der Waals surface area (Å²) in [5, 5.41) is 20.3. The summed E-state index contributed by atoms with van der Waals surface area (Å²) in [6.07, 6.45) is 3.40. The van der Waals surface area contributed by atoms with Crippen LogP contribution in [0.25, 0.3) is 43.7 Å². The van der Waals surface area contributed by atoms with E-state index in [1.807, 2.05) is 84.9 Å². The normalized spacial score (nSPS) is 12.3. The Kier molecular flexibility index (Phi) is 6.71. The highest BCUT2D eigenvalue weighted by atomic mass is 32.1. The van der Waals surface area contributed by atoms with E-state index in [1.54, 1.807) is 0 Å². The van der Waals surface area contributed by atoms with Crippen molar-refractivity contribution >= 4 is 78.3 Å². The molecule has 5 aromatic rings. The predicted molar refractivity (Wildman–Crippen MR) is 146 cm³/mol. The predicted octanol–water partition coefficient (Wildman–Crippen LogP) is 6.94. The van der Waals surface area contributed by atoms with Gasteiger partial charge in [0.15, 0.2) is 0 Å². The molecule has 0 aliphatic rings. The van der Waals surface area contributed by atoms with Crippen LogP contribution in [0.4, 0.5) is 0 Å². The van der Waals surface area contributed by atoms with Crippen molar-refractivity contribution in [2.24, 2.45) is 0 Å². The molecule has 2 N–H and O–H groups in total. The van der Waals surface area contributed by atoms with Crippen molar-refractivity contribution in [2.75, 3.05) is 0 Å². The fraction of sp³-hybridized carbons (Fsp3) is 0.0714. The molecular weight excluding hydrogens is 492 g/mol. The van der Waals surface area contributed by atoms with Gasteiger partial charge in [-0.05, 0) is 58.7 Å². The third-order valence-electron chi connectivity index (χ3n) is 5.44. The monoisotopic (exact) mass is 512 g/mol. The average molecular weight is 513 g/mol. The molecular formula is C28H20N2O4S2. The van der Waals surface area contributed by atoms with E-state index < -0.39 is 11.9 Å². The average Bonchev–Trinajstić information content (AvgIpc) is 3.48. The smallest absolute Gasteiger partial charge is 0.307 e. The number of hydrogen-bond acceptors (Lipinski definition) is 6. The van der Waals surface area contributed by atoms with E-state index in [-0.39, 0.29) is 12.8 Å². The lowest BCUT2D eigenvalue weighted by molar-refractivity contribution is -0.136. The van der Waals surface area contributed by atoms with Gasteiger partial charge in [0.25, 0.3) is 0 Å². The van der Waals surface area contributed by atoms with Gasteiger partial charge in [-0.3, -0.25) is 9.59 Å². The minimum absolute atomic E-state index is 0.137. The zero-order valence-electron chi connectivity index (χ0n) is 18.9. The number of hydrogen-bond donors (Lipinski definition) is 2. The second-order valence-corrected chi connectivity index (χ2v) is 10.2. The van der Waals surface area contributed by atoms with Crippen LogP contribution in [0.15, 0.2) is 72.8 Å². The van der Waals surface area contributed by atoms with E-state index in [4.69, 9.17) is 0 Å². The fourth-order valence-electron chi connectivity index (χ4n) is 3.81. The molecule has 6 nitrogen and oxygen atoms in total. The van der Waals surface area contributed by atoms with Crippen molar-refractivity contribution in [3.63, 3.8) is 0 Å². The molecule has 0 atom stereocenters. The molecule has 0 fully saturated rings. The number of carbonyl (C=O) groups is 2. The zero-order chi connectivity index (χ0) is 25.1. The van der Waals surface area contributed by atoms with E-state index in [9.17, 15) is 19.8 Å². The van der Waals surface area contributed by atoms with Gasteiger partial charge in [0, 0.05) is 0 Å². The summed E-state index contributed by atoms with van der Waals surface area (Å²) in [5.41, 5.74) is 4.62. The highest BCUT2D eigenvalue weighted by molar-refractivity contribution is 7.20. The largest absolute Gasteiger partial charge is 0.481 e. The van der Waals surface area contributed by atoms with Crippen molar-refractivity contribution in [1.82, 2.24) is 9.97 Å². The number of rotatable bonds is 8. The van der Waals surface area contributed by atoms with Gasteiger partial charge in [0.2, 0.25) is 0 Å². The first-order valence-electron chi connectivity index (χ1n) is 11.1. The molecule has 0 saturated carbocycles. The SMILES string of the molecule is O=C(O)C/C(=C/c1ccc(/C=C(/CC(=O)O)c2nc3ccccc3s2)cc1)c1nc2ccccc2s1. The van der Waals surface area contributed by atoms with Crippen LogP contribution >= 0.6 is 22.7 Å². The second-order valence-electron chi connectivity index (χ2n) is 8.12. The molecule has 0 aliphatic heterocycles. The summed E-state index contributed by atoms with van der Waals surface area (Å²) in [7, 11) is 0. The Bertz CT molecular complexity index is 1460. The van der Waals surface area contributed by atoms with Crippen LogP contribution in [-0.2, 0) is 9.59 Å². The summed E-state index contributed by atoms with van der Waals surface area (Å²) < 4.78 is 2.01. The van der Waals surface area contributed by atoms with Crippen LogP contribution in [0, 0.1) is 0 Å². The fourth-order valence-corrected chi connectivity index (χ4v) is 5.77. The van der Waals surface area contributed by atoms with Gasteiger partial charge in [-0.1, -0.05) is 48.5 Å². The molecule has 3 aromatic carbocycles. The maximum atomic E-state index is 11.5. The summed E-state index contributed by atoms with van der Waals surface area (Å²) in [4.78, 5) is 32.3. The van der Waals surface area contributed by atoms with Crippen LogP contribution in [-0.4, -0.2) is 32.1 Å². The van der Waals surface area contributed by atoms with Crippen molar-refractivity contribution in [2.45, 2.75) is 12.8 Å². The standard InChI is InChI=1S/C28H20N2O4S2/c31-25(32)15-19(27-29-21-5-1-3-7-23(21)35-27)13-17-9-11-18(12-10-17)14-20(16-26(33)34)28-30-22-6-2-4-8-24(22)36-28/h1-14H,15-16H2,(H,31,32)(H,33,34)/b19-13-,20-14-. The molecule has 0 bridgehead atoms. The number of carboxylic acid groups (broad SMARTS) is 2. The third kappa shape index (κ3) is 5.40. The highest BCUT2D eigenvalue weighted by Crippen LogP contribution is 2.32. The maximum Gasteiger partial charge on any atom is 0.307 e. The number of nitrogens with zero attached hydrogens (tertiary/aromatic N) is 2. The number of fused-ring (bicyclic) bond motifs is 2. The van der Waals surface area contributed by atoms with Crippen molar-refractivity contribution in [3.8, 4) is 0 Å². The van der Waals surface area contributed by atoms with Crippen LogP contribution in [0.2, 0.25) is 0 Å². The molecule has 178 valence electrons. The number of carboxylic acids is 2. The Balaban J connectivity index is 1.47. The van der Waals surface area contributed by atoms with Gasteiger partial charge in [-0.2, -0.15) is 0 Å². The van der Waals surface area contributed by atoms with E-state index in [0.29, 0.717) is 21.2 Å². The molecule has 0 saturated heterocycles. The maximum absolute atomic E-state index is 11.5. The van der Waals surface area contributed by atoms with Gasteiger partial charge in [0.05, 0.1) is 33.3 Å². The Hall–Kier alpha value is -4.14. The second kappa shape index (κ2) is 10.2. The van der Waals surface area contributed by atoms with Crippen LogP contribution in [0.5, 0.6) is 0 Å². The first-order valence-corrected chi connectivity index (χ1v) is 12.7. The van der Waals surface area contributed by atoms with E-state index in [2.05, 4.69) is 9.97 Å². The molecule has 8 heteroatoms. The molecule has 0 radical (unpaired) electrons. The Morgan fingerprint density at radius 3 is 1.39 bits per heavy atom.